The van der Waals surface area contributed by atoms with E-state index in [1.807, 2.05) is 0 Å². The molecule has 3 rings (SSSR count). The number of fused-ring (bicyclic) bond motifs is 1. The lowest BCUT2D eigenvalue weighted by atomic mass is 10.2. The minimum atomic E-state index is -0.595. The number of nitro benzene ring substituents is 1. The van der Waals surface area contributed by atoms with Crippen molar-refractivity contribution < 1.29 is 19.2 Å². The van der Waals surface area contributed by atoms with Crippen molar-refractivity contribution in [1.29, 1.82) is 0 Å². The number of carbonyl (C=O) groups is 1. The third kappa shape index (κ3) is 3.66. The third-order valence-corrected chi connectivity index (χ3v) is 3.79. The first-order chi connectivity index (χ1) is 11.9. The highest BCUT2D eigenvalue weighted by molar-refractivity contribution is 9.10. The zero-order valence-electron chi connectivity index (χ0n) is 12.5. The Balaban J connectivity index is 1.76. The molecule has 0 spiro atoms. The SMILES string of the molecule is O=C(N/N=C/c1cc([N+](=O)[O-])ccc1O)c1cc2cc(Br)ccc2o1. The normalized spacial score (nSPS) is 11.1. The Morgan fingerprint density at radius 3 is 2.84 bits per heavy atom. The standard InChI is InChI=1S/C16H10BrN3O5/c17-11-1-4-14-9(5-11)7-15(25-14)16(22)19-18-8-10-6-12(20(23)24)2-3-13(10)21/h1-8,21H,(H,19,22)/b18-8+. The van der Waals surface area contributed by atoms with Crippen molar-refractivity contribution >= 4 is 44.7 Å². The van der Waals surface area contributed by atoms with Gasteiger partial charge in [0.15, 0.2) is 5.76 Å². The van der Waals surface area contributed by atoms with Gasteiger partial charge in [-0.05, 0) is 30.3 Å². The second-order valence-corrected chi connectivity index (χ2v) is 5.91. The molecule has 0 saturated heterocycles. The number of phenolic OH excluding ortho intramolecular Hbond substituents is 1. The van der Waals surface area contributed by atoms with Crippen LogP contribution in [0.2, 0.25) is 0 Å². The van der Waals surface area contributed by atoms with Gasteiger partial charge in [-0.15, -0.1) is 0 Å². The molecule has 0 fully saturated rings. The molecule has 2 N–H and O–H groups in total. The number of hydrazone groups is 1. The van der Waals surface area contributed by atoms with Crippen molar-refractivity contribution in [1.82, 2.24) is 5.43 Å². The zero-order valence-corrected chi connectivity index (χ0v) is 14.1. The third-order valence-electron chi connectivity index (χ3n) is 3.29. The average Bonchev–Trinajstić information content (AvgIpc) is 2.99. The number of rotatable bonds is 4. The highest BCUT2D eigenvalue weighted by Gasteiger charge is 2.12. The molecule has 1 heterocycles. The van der Waals surface area contributed by atoms with Crippen LogP contribution in [0.4, 0.5) is 5.69 Å². The summed E-state index contributed by atoms with van der Waals surface area (Å²) < 4.78 is 6.27. The fourth-order valence-corrected chi connectivity index (χ4v) is 2.48. The maximum atomic E-state index is 12.0. The van der Waals surface area contributed by atoms with E-state index in [4.69, 9.17) is 4.42 Å². The van der Waals surface area contributed by atoms with Crippen molar-refractivity contribution in [2.75, 3.05) is 0 Å². The molecular weight excluding hydrogens is 394 g/mol. The van der Waals surface area contributed by atoms with E-state index in [1.54, 1.807) is 24.3 Å². The Hall–Kier alpha value is -3.20. The maximum absolute atomic E-state index is 12.0. The molecule has 3 aromatic rings. The molecular formula is C16H10BrN3O5. The van der Waals surface area contributed by atoms with Gasteiger partial charge in [0.2, 0.25) is 0 Å². The molecule has 9 heteroatoms. The van der Waals surface area contributed by atoms with Crippen molar-refractivity contribution in [3.63, 3.8) is 0 Å². The van der Waals surface area contributed by atoms with E-state index >= 15 is 0 Å². The second-order valence-electron chi connectivity index (χ2n) is 4.99. The molecule has 0 aliphatic rings. The van der Waals surface area contributed by atoms with E-state index < -0.39 is 10.8 Å². The Morgan fingerprint density at radius 2 is 2.08 bits per heavy atom. The predicted octanol–water partition coefficient (Wildman–Crippen LogP) is 3.57. The van der Waals surface area contributed by atoms with Gasteiger partial charge in [0.1, 0.15) is 11.3 Å². The van der Waals surface area contributed by atoms with Gasteiger partial charge >= 0.3 is 5.91 Å². The molecule has 8 nitrogen and oxygen atoms in total. The van der Waals surface area contributed by atoms with Crippen LogP contribution >= 0.6 is 15.9 Å². The smallest absolute Gasteiger partial charge is 0.307 e. The van der Waals surface area contributed by atoms with Crippen molar-refractivity contribution in [2.45, 2.75) is 0 Å². The number of carbonyl (C=O) groups excluding carboxylic acids is 1. The summed E-state index contributed by atoms with van der Waals surface area (Å²) in [6.45, 7) is 0. The zero-order chi connectivity index (χ0) is 18.0. The van der Waals surface area contributed by atoms with E-state index in [0.717, 1.165) is 28.2 Å². The van der Waals surface area contributed by atoms with Gasteiger partial charge in [-0.1, -0.05) is 15.9 Å². The molecule has 0 aliphatic carbocycles. The molecule has 1 aromatic heterocycles. The van der Waals surface area contributed by atoms with E-state index in [1.165, 1.54) is 6.07 Å². The molecule has 0 radical (unpaired) electrons. The number of nitrogens with zero attached hydrogens (tertiary/aromatic N) is 2. The van der Waals surface area contributed by atoms with Gasteiger partial charge in [0, 0.05) is 27.6 Å². The first-order valence-corrected chi connectivity index (χ1v) is 7.73. The predicted molar refractivity (Wildman–Crippen MR) is 93.7 cm³/mol. The van der Waals surface area contributed by atoms with Gasteiger partial charge < -0.3 is 9.52 Å². The Kier molecular flexibility index (Phi) is 4.48. The molecule has 126 valence electrons. The lowest BCUT2D eigenvalue weighted by Gasteiger charge is -1.99. The van der Waals surface area contributed by atoms with Gasteiger partial charge in [0.25, 0.3) is 5.69 Å². The molecule has 0 bridgehead atoms. The first kappa shape index (κ1) is 16.7. The molecule has 0 atom stereocenters. The van der Waals surface area contributed by atoms with Crippen LogP contribution in [0.5, 0.6) is 5.75 Å². The van der Waals surface area contributed by atoms with Gasteiger partial charge in [-0.3, -0.25) is 14.9 Å². The number of furan rings is 1. The molecule has 1 amide bonds. The number of hydrogen-bond acceptors (Lipinski definition) is 6. The van der Waals surface area contributed by atoms with Gasteiger partial charge in [-0.25, -0.2) is 5.43 Å². The summed E-state index contributed by atoms with van der Waals surface area (Å²) in [4.78, 5) is 22.2. The molecule has 2 aromatic carbocycles. The van der Waals surface area contributed by atoms with Crippen LogP contribution in [-0.2, 0) is 0 Å². The number of nitro groups is 1. The molecule has 0 aliphatic heterocycles. The Morgan fingerprint density at radius 1 is 1.28 bits per heavy atom. The highest BCUT2D eigenvalue weighted by Crippen LogP contribution is 2.23. The molecule has 0 unspecified atom stereocenters. The van der Waals surface area contributed by atoms with Crippen LogP contribution in [0, 0.1) is 10.1 Å². The van der Waals surface area contributed by atoms with E-state index in [2.05, 4.69) is 26.5 Å². The van der Waals surface area contributed by atoms with Crippen LogP contribution in [0.15, 0.2) is 56.5 Å². The van der Waals surface area contributed by atoms with Crippen molar-refractivity contribution in [3.8, 4) is 5.75 Å². The second kappa shape index (κ2) is 6.73. The van der Waals surface area contributed by atoms with E-state index in [9.17, 15) is 20.0 Å². The summed E-state index contributed by atoms with van der Waals surface area (Å²) in [5.41, 5.74) is 2.69. The van der Waals surface area contributed by atoms with Crippen LogP contribution in [-0.4, -0.2) is 22.2 Å². The fourth-order valence-electron chi connectivity index (χ4n) is 2.10. The fraction of sp³-hybridized carbons (Fsp3) is 0. The number of hydrogen-bond donors (Lipinski definition) is 2. The first-order valence-electron chi connectivity index (χ1n) is 6.94. The summed E-state index contributed by atoms with van der Waals surface area (Å²) in [6, 6.07) is 10.4. The quantitative estimate of drug-likeness (QED) is 0.392. The lowest BCUT2D eigenvalue weighted by Crippen LogP contribution is -2.16. The minimum Gasteiger partial charge on any atom is -0.507 e. The lowest BCUT2D eigenvalue weighted by molar-refractivity contribution is -0.384. The van der Waals surface area contributed by atoms with Crippen LogP contribution in [0.1, 0.15) is 16.1 Å². The molecule has 0 saturated carbocycles. The number of nitrogens with one attached hydrogen (secondary N) is 1. The van der Waals surface area contributed by atoms with Crippen LogP contribution < -0.4 is 5.43 Å². The van der Waals surface area contributed by atoms with Gasteiger partial charge in [-0.2, -0.15) is 5.10 Å². The van der Waals surface area contributed by atoms with Crippen LogP contribution in [0.3, 0.4) is 0 Å². The van der Waals surface area contributed by atoms with Crippen LogP contribution in [0.25, 0.3) is 11.0 Å². The van der Waals surface area contributed by atoms with Gasteiger partial charge in [0.05, 0.1) is 11.1 Å². The minimum absolute atomic E-state index is 0.0634. The summed E-state index contributed by atoms with van der Waals surface area (Å²) in [6.07, 6.45) is 1.11. The summed E-state index contributed by atoms with van der Waals surface area (Å²) in [7, 11) is 0. The topological polar surface area (TPSA) is 118 Å². The maximum Gasteiger partial charge on any atom is 0.307 e. The Bertz CT molecular complexity index is 1010. The number of halogens is 1. The Labute approximate surface area is 149 Å². The monoisotopic (exact) mass is 403 g/mol. The van der Waals surface area contributed by atoms with Crippen molar-refractivity contribution in [3.05, 3.63) is 68.4 Å². The number of amides is 1. The van der Waals surface area contributed by atoms with Crippen molar-refractivity contribution in [2.24, 2.45) is 5.10 Å². The molecule has 25 heavy (non-hydrogen) atoms. The number of phenols is 1. The summed E-state index contributed by atoms with van der Waals surface area (Å²) >= 11 is 3.33. The number of non-ortho nitro benzene ring substituents is 1. The average molecular weight is 404 g/mol. The summed E-state index contributed by atoms with van der Waals surface area (Å²) in [5, 5.41) is 24.8. The number of benzene rings is 2. The van der Waals surface area contributed by atoms with E-state index in [-0.39, 0.29) is 22.8 Å². The van der Waals surface area contributed by atoms with E-state index in [0.29, 0.717) is 5.58 Å². The summed E-state index contributed by atoms with van der Waals surface area (Å²) in [5.74, 6) is -0.723. The number of aromatic hydroxyl groups is 1. The largest absolute Gasteiger partial charge is 0.507 e. The highest BCUT2D eigenvalue weighted by atomic mass is 79.9.